The second kappa shape index (κ2) is 12.8. The molecule has 1 heterocycles. The van der Waals surface area contributed by atoms with Crippen molar-refractivity contribution in [1.82, 2.24) is 4.98 Å². The first-order chi connectivity index (χ1) is 28.0. The second-order valence-corrected chi connectivity index (χ2v) is 16.0. The maximum atomic E-state index is 4.89. The third-order valence-electron chi connectivity index (χ3n) is 12.6. The molecule has 2 heteroatoms. The molecule has 11 rings (SSSR count). The van der Waals surface area contributed by atoms with E-state index >= 15 is 0 Å². The van der Waals surface area contributed by atoms with E-state index < -0.39 is 5.41 Å². The highest BCUT2D eigenvalue weighted by atomic mass is 15.1. The highest BCUT2D eigenvalue weighted by molar-refractivity contribution is 5.96. The number of nitrogens with zero attached hydrogens (tertiary/aromatic N) is 2. The Morgan fingerprint density at radius 1 is 0.368 bits per heavy atom. The maximum absolute atomic E-state index is 4.89. The molecule has 0 N–H and O–H groups in total. The van der Waals surface area contributed by atoms with Gasteiger partial charge in [-0.15, -0.1) is 0 Å². The van der Waals surface area contributed by atoms with E-state index in [1.54, 1.807) is 0 Å². The molecule has 2 aliphatic carbocycles. The third-order valence-corrected chi connectivity index (χ3v) is 12.6. The summed E-state index contributed by atoms with van der Waals surface area (Å²) in [6, 6.07) is 71.6. The van der Waals surface area contributed by atoms with Gasteiger partial charge in [0.1, 0.15) is 0 Å². The van der Waals surface area contributed by atoms with Gasteiger partial charge in [0.2, 0.25) is 0 Å². The van der Waals surface area contributed by atoms with E-state index in [1.165, 1.54) is 66.4 Å². The van der Waals surface area contributed by atoms with Crippen LogP contribution in [0.25, 0.3) is 44.2 Å². The van der Waals surface area contributed by atoms with Crippen LogP contribution in [0, 0.1) is 0 Å². The summed E-state index contributed by atoms with van der Waals surface area (Å²) in [5.41, 5.74) is 17.7. The number of aromatic nitrogens is 1. The van der Waals surface area contributed by atoms with Crippen molar-refractivity contribution in [3.8, 4) is 33.4 Å². The Morgan fingerprint density at radius 2 is 0.947 bits per heavy atom. The van der Waals surface area contributed by atoms with E-state index in [0.29, 0.717) is 0 Å². The average molecular weight is 729 g/mol. The average Bonchev–Trinajstić information content (AvgIpc) is 3.68. The van der Waals surface area contributed by atoms with Crippen molar-refractivity contribution in [3.05, 3.63) is 240 Å². The quantitative estimate of drug-likeness (QED) is 0.169. The maximum Gasteiger partial charge on any atom is 0.0714 e. The molecule has 2 nitrogen and oxygen atoms in total. The number of pyridine rings is 1. The van der Waals surface area contributed by atoms with Gasteiger partial charge in [-0.1, -0.05) is 166 Å². The molecule has 0 saturated heterocycles. The van der Waals surface area contributed by atoms with Gasteiger partial charge in [-0.05, 0) is 114 Å². The predicted molar refractivity (Wildman–Crippen MR) is 237 cm³/mol. The first-order valence-corrected chi connectivity index (χ1v) is 19.9. The lowest BCUT2D eigenvalue weighted by atomic mass is 9.67. The van der Waals surface area contributed by atoms with Gasteiger partial charge >= 0.3 is 0 Å². The molecular weight excluding hydrogens is 689 g/mol. The van der Waals surface area contributed by atoms with E-state index in [1.807, 2.05) is 12.4 Å². The second-order valence-electron chi connectivity index (χ2n) is 16.0. The summed E-state index contributed by atoms with van der Waals surface area (Å²) < 4.78 is 0. The first kappa shape index (κ1) is 33.3. The molecule has 270 valence electrons. The molecule has 0 amide bonds. The predicted octanol–water partition coefficient (Wildman–Crippen LogP) is 14.0. The van der Waals surface area contributed by atoms with E-state index in [-0.39, 0.29) is 5.41 Å². The number of fused-ring (bicyclic) bond motifs is 7. The lowest BCUT2D eigenvalue weighted by molar-refractivity contribution is 0.661. The minimum absolute atomic E-state index is 0.128. The fourth-order valence-corrected chi connectivity index (χ4v) is 9.92. The summed E-state index contributed by atoms with van der Waals surface area (Å²) in [7, 11) is 0. The molecule has 0 bridgehead atoms. The molecule has 8 aromatic carbocycles. The summed E-state index contributed by atoms with van der Waals surface area (Å²) in [6.45, 7) is 4.73. The molecule has 0 atom stereocenters. The lowest BCUT2D eigenvalue weighted by Gasteiger charge is -2.35. The zero-order valence-electron chi connectivity index (χ0n) is 32.0. The van der Waals surface area contributed by atoms with E-state index in [2.05, 4.69) is 213 Å². The largest absolute Gasteiger partial charge is 0.309 e. The van der Waals surface area contributed by atoms with E-state index in [4.69, 9.17) is 4.98 Å². The lowest BCUT2D eigenvalue weighted by Crippen LogP contribution is -2.28. The van der Waals surface area contributed by atoms with Crippen LogP contribution in [-0.4, -0.2) is 4.98 Å². The Labute approximate surface area is 334 Å². The van der Waals surface area contributed by atoms with E-state index in [0.717, 1.165) is 28.2 Å². The smallest absolute Gasteiger partial charge is 0.0714 e. The van der Waals surface area contributed by atoms with E-state index in [9.17, 15) is 0 Å². The van der Waals surface area contributed by atoms with Gasteiger partial charge in [0.25, 0.3) is 0 Å². The van der Waals surface area contributed by atoms with Gasteiger partial charge in [0.15, 0.2) is 0 Å². The minimum Gasteiger partial charge on any atom is -0.309 e. The Hall–Kier alpha value is -7.03. The Kier molecular flexibility index (Phi) is 7.46. The SMILES string of the molecule is CC1(C)c2ccc(N(c3cncc(-c4ccccc4)c3)c3ccc4c(c3)C(c3ccccc3)(c3ccccc3)c3ccccc3-4)cc2-c2cc3ccccc3cc21. The standard InChI is InChI=1S/C55H40N2/c1-54(2)50-29-27-43(33-49(50)48-31-38-18-12-13-19-39(38)32-52(48)54)57(45-30-40(35-56-36-45)37-16-6-3-7-17-37)44-26-28-47-46-24-14-15-25-51(46)55(53(47)34-44,41-20-8-4-9-21-41)42-22-10-5-11-23-42/h3-36H,1-2H3. The molecule has 1 aromatic heterocycles. The molecular formula is C55H40N2. The zero-order chi connectivity index (χ0) is 38.1. The molecule has 0 aliphatic heterocycles. The molecule has 0 saturated carbocycles. The fourth-order valence-electron chi connectivity index (χ4n) is 9.92. The normalized spacial score (nSPS) is 14.1. The first-order valence-electron chi connectivity index (χ1n) is 19.9. The molecule has 9 aromatic rings. The van der Waals surface area contributed by atoms with Crippen molar-refractivity contribution < 1.29 is 0 Å². The Bertz CT molecular complexity index is 2940. The van der Waals surface area contributed by atoms with Crippen molar-refractivity contribution in [2.75, 3.05) is 4.90 Å². The highest BCUT2D eigenvalue weighted by Gasteiger charge is 2.46. The van der Waals surface area contributed by atoms with Crippen LogP contribution in [0.1, 0.15) is 47.2 Å². The van der Waals surface area contributed by atoms with Crippen LogP contribution in [0.5, 0.6) is 0 Å². The number of benzene rings is 8. The van der Waals surface area contributed by atoms with Gasteiger partial charge in [-0.2, -0.15) is 0 Å². The fraction of sp³-hybridized carbons (Fsp3) is 0.0727. The number of hydrogen-bond donors (Lipinski definition) is 0. The van der Waals surface area contributed by atoms with Crippen LogP contribution in [0.3, 0.4) is 0 Å². The van der Waals surface area contributed by atoms with Crippen LogP contribution in [0.4, 0.5) is 17.1 Å². The number of rotatable bonds is 6. The molecule has 0 spiro atoms. The van der Waals surface area contributed by atoms with Crippen molar-refractivity contribution in [2.45, 2.75) is 24.7 Å². The van der Waals surface area contributed by atoms with Crippen LogP contribution < -0.4 is 4.90 Å². The molecule has 57 heavy (non-hydrogen) atoms. The van der Waals surface area contributed by atoms with Crippen LogP contribution in [-0.2, 0) is 10.8 Å². The van der Waals surface area contributed by atoms with Crippen molar-refractivity contribution in [1.29, 1.82) is 0 Å². The summed E-state index contributed by atoms with van der Waals surface area (Å²) >= 11 is 0. The summed E-state index contributed by atoms with van der Waals surface area (Å²) in [5, 5.41) is 2.54. The summed E-state index contributed by atoms with van der Waals surface area (Å²) in [6.07, 6.45) is 3.98. The zero-order valence-corrected chi connectivity index (χ0v) is 32.0. The number of anilines is 3. The highest BCUT2D eigenvalue weighted by Crippen LogP contribution is 2.58. The molecule has 0 unspecified atom stereocenters. The summed E-state index contributed by atoms with van der Waals surface area (Å²) in [5.74, 6) is 0. The Morgan fingerprint density at radius 3 is 1.68 bits per heavy atom. The topological polar surface area (TPSA) is 16.1 Å². The van der Waals surface area contributed by atoms with Gasteiger partial charge in [-0.3, -0.25) is 4.98 Å². The van der Waals surface area contributed by atoms with Gasteiger partial charge in [0.05, 0.1) is 17.3 Å². The van der Waals surface area contributed by atoms with Gasteiger partial charge < -0.3 is 4.90 Å². The van der Waals surface area contributed by atoms with Gasteiger partial charge in [-0.25, -0.2) is 0 Å². The van der Waals surface area contributed by atoms with Crippen LogP contribution >= 0.6 is 0 Å². The van der Waals surface area contributed by atoms with Crippen molar-refractivity contribution in [3.63, 3.8) is 0 Å². The van der Waals surface area contributed by atoms with Gasteiger partial charge in [0, 0.05) is 28.6 Å². The van der Waals surface area contributed by atoms with Crippen molar-refractivity contribution in [2.24, 2.45) is 0 Å². The minimum atomic E-state index is -0.512. The molecule has 0 radical (unpaired) electrons. The molecule has 2 aliphatic rings. The third kappa shape index (κ3) is 5.00. The number of hydrogen-bond acceptors (Lipinski definition) is 2. The summed E-state index contributed by atoms with van der Waals surface area (Å²) in [4.78, 5) is 7.30. The van der Waals surface area contributed by atoms with Crippen LogP contribution in [0.15, 0.2) is 207 Å². The van der Waals surface area contributed by atoms with Crippen LogP contribution in [0.2, 0.25) is 0 Å². The molecule has 0 fully saturated rings. The Balaban J connectivity index is 1.17. The monoisotopic (exact) mass is 728 g/mol. The van der Waals surface area contributed by atoms with Crippen molar-refractivity contribution >= 4 is 27.8 Å².